The van der Waals surface area contributed by atoms with Crippen LogP contribution in [-0.4, -0.2) is 40.4 Å². The fraction of sp³-hybridized carbons (Fsp3) is 0.364. The molecule has 0 aliphatic heterocycles. The van der Waals surface area contributed by atoms with E-state index in [9.17, 15) is 22.7 Å². The van der Waals surface area contributed by atoms with E-state index in [1.165, 1.54) is 39.3 Å². The SMILES string of the molecule is COc1c(F)cccc1C(C)(C)CC(O)(/C=N/c1c(C)ccc2[nH]ncc12)C(F)(F)F. The summed E-state index contributed by atoms with van der Waals surface area (Å²) < 4.78 is 61.2. The highest BCUT2D eigenvalue weighted by Gasteiger charge is 2.55. The maximum Gasteiger partial charge on any atom is 0.422 e. The van der Waals surface area contributed by atoms with E-state index in [0.717, 1.165) is 6.07 Å². The minimum Gasteiger partial charge on any atom is -0.493 e. The molecule has 166 valence electrons. The lowest BCUT2D eigenvalue weighted by atomic mass is 9.74. The molecule has 3 rings (SSSR count). The fourth-order valence-corrected chi connectivity index (χ4v) is 3.69. The van der Waals surface area contributed by atoms with Gasteiger partial charge in [0.05, 0.1) is 24.5 Å². The number of aliphatic hydroxyl groups is 1. The van der Waals surface area contributed by atoms with Gasteiger partial charge in [0, 0.05) is 17.2 Å². The molecule has 0 saturated carbocycles. The number of aromatic nitrogens is 2. The van der Waals surface area contributed by atoms with Crippen LogP contribution >= 0.6 is 0 Å². The van der Waals surface area contributed by atoms with Crippen molar-refractivity contribution in [2.75, 3.05) is 7.11 Å². The second-order valence-corrected chi connectivity index (χ2v) is 8.12. The predicted octanol–water partition coefficient (Wildman–Crippen LogP) is 5.38. The van der Waals surface area contributed by atoms with Gasteiger partial charge in [0.1, 0.15) is 0 Å². The summed E-state index contributed by atoms with van der Waals surface area (Å²) in [5.74, 6) is -0.854. The first-order chi connectivity index (χ1) is 14.4. The Hall–Kier alpha value is -2.94. The first-order valence-corrected chi connectivity index (χ1v) is 9.49. The number of rotatable bonds is 6. The number of H-pyrrole nitrogens is 1. The van der Waals surface area contributed by atoms with Crippen LogP contribution in [0.1, 0.15) is 31.4 Å². The maximum absolute atomic E-state index is 14.1. The summed E-state index contributed by atoms with van der Waals surface area (Å²) in [6.07, 6.45) is -3.85. The molecule has 0 saturated heterocycles. The summed E-state index contributed by atoms with van der Waals surface area (Å²) in [6.45, 7) is 4.67. The molecule has 0 bridgehead atoms. The first-order valence-electron chi connectivity index (χ1n) is 9.49. The number of ether oxygens (including phenoxy) is 1. The lowest BCUT2D eigenvalue weighted by molar-refractivity contribution is -0.234. The van der Waals surface area contributed by atoms with Gasteiger partial charge in [-0.05, 0) is 36.5 Å². The fourth-order valence-electron chi connectivity index (χ4n) is 3.69. The third-order valence-corrected chi connectivity index (χ3v) is 5.31. The van der Waals surface area contributed by atoms with Crippen LogP contribution in [0.15, 0.2) is 41.5 Å². The van der Waals surface area contributed by atoms with Crippen LogP contribution in [0, 0.1) is 12.7 Å². The molecule has 1 aromatic heterocycles. The lowest BCUT2D eigenvalue weighted by Gasteiger charge is -2.36. The Kier molecular flexibility index (Phi) is 5.84. The minimum absolute atomic E-state index is 0.159. The maximum atomic E-state index is 14.1. The number of para-hydroxylation sites is 1. The van der Waals surface area contributed by atoms with Crippen LogP contribution in [0.25, 0.3) is 10.9 Å². The van der Waals surface area contributed by atoms with Crippen LogP contribution in [0.3, 0.4) is 0 Å². The standard InChI is InChI=1S/C22H23F4N3O2/c1-13-8-9-17-14(10-28-29-17)18(13)27-12-21(30,22(24,25)26)11-20(2,3)15-6-5-7-16(23)19(15)31-4/h5-10,12,30H,11H2,1-4H3,(H,28,29)/b27-12+. The summed E-state index contributed by atoms with van der Waals surface area (Å²) >= 11 is 0. The Morgan fingerprint density at radius 3 is 2.55 bits per heavy atom. The number of aliphatic imine (C=N–C) groups is 1. The monoisotopic (exact) mass is 437 g/mol. The third-order valence-electron chi connectivity index (χ3n) is 5.31. The number of benzene rings is 2. The van der Waals surface area contributed by atoms with Crippen molar-refractivity contribution in [3.63, 3.8) is 0 Å². The summed E-state index contributed by atoms with van der Waals surface area (Å²) in [6, 6.07) is 7.46. The van der Waals surface area contributed by atoms with E-state index in [1.54, 1.807) is 19.1 Å². The van der Waals surface area contributed by atoms with E-state index >= 15 is 0 Å². The average Bonchev–Trinajstić information content (AvgIpc) is 3.14. The van der Waals surface area contributed by atoms with Crippen molar-refractivity contribution in [3.8, 4) is 5.75 Å². The Balaban J connectivity index is 2.06. The zero-order valence-electron chi connectivity index (χ0n) is 17.5. The molecule has 0 spiro atoms. The van der Waals surface area contributed by atoms with Gasteiger partial charge in [0.25, 0.3) is 0 Å². The Morgan fingerprint density at radius 1 is 1.19 bits per heavy atom. The Bertz CT molecular complexity index is 1120. The molecule has 2 N–H and O–H groups in total. The number of nitrogens with one attached hydrogen (secondary N) is 1. The highest BCUT2D eigenvalue weighted by molar-refractivity contribution is 5.93. The lowest BCUT2D eigenvalue weighted by Crippen LogP contribution is -2.50. The van der Waals surface area contributed by atoms with E-state index in [0.29, 0.717) is 22.7 Å². The number of hydrogen-bond acceptors (Lipinski definition) is 4. The van der Waals surface area contributed by atoms with Crippen LogP contribution in [0.4, 0.5) is 23.2 Å². The van der Waals surface area contributed by atoms with Crippen molar-refractivity contribution in [1.82, 2.24) is 10.2 Å². The normalized spacial score (nSPS) is 14.9. The van der Waals surface area contributed by atoms with Gasteiger partial charge in [-0.15, -0.1) is 0 Å². The Labute approximate surface area is 176 Å². The second kappa shape index (κ2) is 7.96. The molecular formula is C22H23F4N3O2. The largest absolute Gasteiger partial charge is 0.493 e. The topological polar surface area (TPSA) is 70.5 Å². The van der Waals surface area contributed by atoms with E-state index < -0.39 is 29.4 Å². The zero-order valence-corrected chi connectivity index (χ0v) is 17.5. The summed E-state index contributed by atoms with van der Waals surface area (Å²) in [4.78, 5) is 4.02. The molecule has 31 heavy (non-hydrogen) atoms. The van der Waals surface area contributed by atoms with Crippen LogP contribution in [0.5, 0.6) is 5.75 Å². The van der Waals surface area contributed by atoms with Crippen LogP contribution < -0.4 is 4.74 Å². The molecule has 1 unspecified atom stereocenters. The molecule has 0 fully saturated rings. The van der Waals surface area contributed by atoms with Crippen molar-refractivity contribution < 1.29 is 27.4 Å². The van der Waals surface area contributed by atoms with Gasteiger partial charge >= 0.3 is 6.18 Å². The molecule has 9 heteroatoms. The number of halogens is 4. The van der Waals surface area contributed by atoms with Gasteiger partial charge in [0.2, 0.25) is 0 Å². The molecule has 5 nitrogen and oxygen atoms in total. The highest BCUT2D eigenvalue weighted by Crippen LogP contribution is 2.44. The van der Waals surface area contributed by atoms with E-state index in [1.807, 2.05) is 0 Å². The zero-order chi connectivity index (χ0) is 23.0. The minimum atomic E-state index is -5.02. The number of methoxy groups -OCH3 is 1. The van der Waals surface area contributed by atoms with Crippen molar-refractivity contribution in [1.29, 1.82) is 0 Å². The van der Waals surface area contributed by atoms with Gasteiger partial charge in [-0.25, -0.2) is 4.39 Å². The van der Waals surface area contributed by atoms with Gasteiger partial charge in [-0.1, -0.05) is 32.0 Å². The van der Waals surface area contributed by atoms with Crippen molar-refractivity contribution >= 4 is 22.8 Å². The molecule has 2 aromatic carbocycles. The van der Waals surface area contributed by atoms with Crippen molar-refractivity contribution in [3.05, 3.63) is 53.5 Å². The molecule has 0 aliphatic rings. The molecule has 1 atom stereocenters. The van der Waals surface area contributed by atoms with Crippen molar-refractivity contribution in [2.24, 2.45) is 4.99 Å². The average molecular weight is 437 g/mol. The second-order valence-electron chi connectivity index (χ2n) is 8.12. The van der Waals surface area contributed by atoms with E-state index in [-0.39, 0.29) is 17.0 Å². The number of aryl methyl sites for hydroxylation is 1. The molecular weight excluding hydrogens is 414 g/mol. The number of fused-ring (bicyclic) bond motifs is 1. The summed E-state index contributed by atoms with van der Waals surface area (Å²) in [7, 11) is 1.24. The number of nitrogens with zero attached hydrogens (tertiary/aromatic N) is 2. The van der Waals surface area contributed by atoms with Gasteiger partial charge in [-0.2, -0.15) is 18.3 Å². The Morgan fingerprint density at radius 2 is 1.90 bits per heavy atom. The predicted molar refractivity (Wildman–Crippen MR) is 111 cm³/mol. The highest BCUT2D eigenvalue weighted by atomic mass is 19.4. The first kappa shape index (κ1) is 22.7. The molecule has 0 aliphatic carbocycles. The molecule has 0 amide bonds. The number of alkyl halides is 3. The third kappa shape index (κ3) is 4.27. The van der Waals surface area contributed by atoms with Crippen molar-refractivity contribution in [2.45, 2.75) is 44.4 Å². The number of aromatic amines is 1. The number of hydrogen-bond donors (Lipinski definition) is 2. The molecule has 1 heterocycles. The van der Waals surface area contributed by atoms with E-state index in [2.05, 4.69) is 15.2 Å². The quantitative estimate of drug-likeness (QED) is 0.402. The molecule has 0 radical (unpaired) electrons. The van der Waals surface area contributed by atoms with Gasteiger partial charge < -0.3 is 9.84 Å². The smallest absolute Gasteiger partial charge is 0.422 e. The van der Waals surface area contributed by atoms with Gasteiger partial charge in [0.15, 0.2) is 17.2 Å². The summed E-state index contributed by atoms with van der Waals surface area (Å²) in [5.41, 5.74) is -2.86. The van der Waals surface area contributed by atoms with E-state index in [4.69, 9.17) is 4.74 Å². The van der Waals surface area contributed by atoms with Crippen LogP contribution in [-0.2, 0) is 5.41 Å². The summed E-state index contributed by atoms with van der Waals surface area (Å²) in [5, 5.41) is 17.9. The van der Waals surface area contributed by atoms with Crippen LogP contribution in [0.2, 0.25) is 0 Å². The molecule has 3 aromatic rings. The van der Waals surface area contributed by atoms with Gasteiger partial charge in [-0.3, -0.25) is 10.1 Å².